The summed E-state index contributed by atoms with van der Waals surface area (Å²) in [6.45, 7) is 4.35. The van der Waals surface area contributed by atoms with E-state index in [1.807, 2.05) is 6.08 Å². The summed E-state index contributed by atoms with van der Waals surface area (Å²) in [5.74, 6) is 0. The minimum atomic E-state index is 1.08. The molecule has 0 aromatic carbocycles. The molecular formula is C10H17. The summed E-state index contributed by atoms with van der Waals surface area (Å²) in [6, 6.07) is 0. The van der Waals surface area contributed by atoms with Gasteiger partial charge in [-0.05, 0) is 18.9 Å². The Labute approximate surface area is 64.6 Å². The first-order valence-corrected chi connectivity index (χ1v) is 4.13. The normalized spacial score (nSPS) is 11.8. The van der Waals surface area contributed by atoms with E-state index in [0.717, 1.165) is 6.42 Å². The predicted molar refractivity (Wildman–Crippen MR) is 46.8 cm³/mol. The zero-order valence-corrected chi connectivity index (χ0v) is 7.06. The maximum Gasteiger partial charge on any atom is -0.0279 e. The lowest BCUT2D eigenvalue weighted by Gasteiger charge is -1.81. The molecule has 0 amide bonds. The molecule has 0 aromatic heterocycles. The lowest BCUT2D eigenvalue weighted by Crippen LogP contribution is -1.62. The number of unbranched alkanes of at least 4 members (excludes halogenated alkanes) is 2. The minimum absolute atomic E-state index is 1.08. The Hall–Kier alpha value is -0.520. The molecule has 0 N–H and O–H groups in total. The van der Waals surface area contributed by atoms with Crippen molar-refractivity contribution in [1.82, 2.24) is 0 Å². The summed E-state index contributed by atoms with van der Waals surface area (Å²) < 4.78 is 0. The van der Waals surface area contributed by atoms with Crippen LogP contribution in [0.1, 0.15) is 39.5 Å². The molecule has 0 unspecified atom stereocenters. The molecule has 0 aromatic rings. The number of hydrogen-bond acceptors (Lipinski definition) is 0. The molecule has 0 rings (SSSR count). The van der Waals surface area contributed by atoms with Crippen molar-refractivity contribution in [2.75, 3.05) is 0 Å². The highest BCUT2D eigenvalue weighted by Gasteiger charge is 1.71. The molecule has 0 fully saturated rings. The lowest BCUT2D eigenvalue weighted by molar-refractivity contribution is 0.938. The van der Waals surface area contributed by atoms with Gasteiger partial charge in [0.15, 0.2) is 0 Å². The van der Waals surface area contributed by atoms with E-state index in [2.05, 4.69) is 32.1 Å². The van der Waals surface area contributed by atoms with Gasteiger partial charge in [0, 0.05) is 0 Å². The van der Waals surface area contributed by atoms with Crippen LogP contribution < -0.4 is 0 Å². The smallest absolute Gasteiger partial charge is 0.0279 e. The summed E-state index contributed by atoms with van der Waals surface area (Å²) in [7, 11) is 0. The molecule has 57 valence electrons. The summed E-state index contributed by atoms with van der Waals surface area (Å²) >= 11 is 0. The van der Waals surface area contributed by atoms with Crippen LogP contribution in [0.15, 0.2) is 18.2 Å². The Balaban J connectivity index is 3.15. The van der Waals surface area contributed by atoms with Gasteiger partial charge in [-0.3, -0.25) is 0 Å². The topological polar surface area (TPSA) is 0 Å². The summed E-state index contributed by atoms with van der Waals surface area (Å²) in [5, 5.41) is 0. The maximum atomic E-state index is 3.18. The average Bonchev–Trinajstić information content (AvgIpc) is 1.97. The van der Waals surface area contributed by atoms with Gasteiger partial charge >= 0.3 is 0 Å². The van der Waals surface area contributed by atoms with Gasteiger partial charge in [-0.2, -0.15) is 0 Å². The van der Waals surface area contributed by atoms with Crippen LogP contribution in [0, 0.1) is 6.08 Å². The van der Waals surface area contributed by atoms with Crippen molar-refractivity contribution in [3.05, 3.63) is 24.3 Å². The SMILES string of the molecule is CCC/[C]=C\C=C\CCC. The summed E-state index contributed by atoms with van der Waals surface area (Å²) in [4.78, 5) is 0. The highest BCUT2D eigenvalue weighted by atomic mass is 13.8. The highest BCUT2D eigenvalue weighted by molar-refractivity contribution is 4.98. The van der Waals surface area contributed by atoms with Crippen LogP contribution in [0.4, 0.5) is 0 Å². The summed E-state index contributed by atoms with van der Waals surface area (Å²) in [5.41, 5.74) is 0. The maximum absolute atomic E-state index is 3.18. The second-order valence-electron chi connectivity index (χ2n) is 2.34. The third-order valence-corrected chi connectivity index (χ3v) is 1.20. The second-order valence-corrected chi connectivity index (χ2v) is 2.34. The Morgan fingerprint density at radius 2 is 2.00 bits per heavy atom. The van der Waals surface area contributed by atoms with Gasteiger partial charge in [-0.25, -0.2) is 0 Å². The number of rotatable bonds is 5. The lowest BCUT2D eigenvalue weighted by atomic mass is 10.3. The fourth-order valence-corrected chi connectivity index (χ4v) is 0.627. The Morgan fingerprint density at radius 1 is 1.20 bits per heavy atom. The standard InChI is InChI=1S/C10H17/c1-3-5-7-9-10-8-6-4-2/h7,9-10H,3-6H2,1-2H3/b9-7+,10-8?. The third kappa shape index (κ3) is 7.48. The van der Waals surface area contributed by atoms with Crippen molar-refractivity contribution in [3.8, 4) is 0 Å². The molecule has 0 saturated carbocycles. The van der Waals surface area contributed by atoms with Gasteiger partial charge in [0.1, 0.15) is 0 Å². The van der Waals surface area contributed by atoms with Crippen LogP contribution in [-0.4, -0.2) is 0 Å². The van der Waals surface area contributed by atoms with E-state index < -0.39 is 0 Å². The zero-order chi connectivity index (χ0) is 7.66. The molecule has 0 aliphatic rings. The van der Waals surface area contributed by atoms with E-state index in [-0.39, 0.29) is 0 Å². The molecule has 10 heavy (non-hydrogen) atoms. The first kappa shape index (κ1) is 9.48. The molecule has 1 radical (unpaired) electrons. The van der Waals surface area contributed by atoms with Crippen LogP contribution in [0.3, 0.4) is 0 Å². The van der Waals surface area contributed by atoms with Crippen molar-refractivity contribution in [2.24, 2.45) is 0 Å². The van der Waals surface area contributed by atoms with E-state index in [4.69, 9.17) is 0 Å². The quantitative estimate of drug-likeness (QED) is 0.509. The molecule has 0 spiro atoms. The fourth-order valence-electron chi connectivity index (χ4n) is 0.627. The molecule has 0 bridgehead atoms. The second kappa shape index (κ2) is 8.48. The van der Waals surface area contributed by atoms with E-state index in [9.17, 15) is 0 Å². The fraction of sp³-hybridized carbons (Fsp3) is 0.600. The highest BCUT2D eigenvalue weighted by Crippen LogP contribution is 1.90. The van der Waals surface area contributed by atoms with E-state index in [0.29, 0.717) is 0 Å². The Bertz CT molecular complexity index is 84.6. The third-order valence-electron chi connectivity index (χ3n) is 1.20. The molecule has 0 nitrogen and oxygen atoms in total. The van der Waals surface area contributed by atoms with Gasteiger partial charge in [0.05, 0.1) is 0 Å². The molecular weight excluding hydrogens is 120 g/mol. The molecule has 0 heteroatoms. The zero-order valence-electron chi connectivity index (χ0n) is 7.06. The Kier molecular flexibility index (Phi) is 8.04. The molecule has 0 saturated heterocycles. The monoisotopic (exact) mass is 137 g/mol. The van der Waals surface area contributed by atoms with Gasteiger partial charge in [-0.1, -0.05) is 44.9 Å². The van der Waals surface area contributed by atoms with Crippen molar-refractivity contribution in [2.45, 2.75) is 39.5 Å². The first-order chi connectivity index (χ1) is 4.91. The molecule has 0 heterocycles. The van der Waals surface area contributed by atoms with Gasteiger partial charge in [0.25, 0.3) is 0 Å². The van der Waals surface area contributed by atoms with Crippen molar-refractivity contribution < 1.29 is 0 Å². The molecule has 0 aliphatic carbocycles. The van der Waals surface area contributed by atoms with E-state index in [1.165, 1.54) is 19.3 Å². The van der Waals surface area contributed by atoms with E-state index >= 15 is 0 Å². The minimum Gasteiger partial charge on any atom is -0.0845 e. The van der Waals surface area contributed by atoms with Crippen molar-refractivity contribution >= 4 is 0 Å². The summed E-state index contributed by atoms with van der Waals surface area (Å²) in [6.07, 6.45) is 14.2. The molecule has 0 atom stereocenters. The van der Waals surface area contributed by atoms with Gasteiger partial charge in [0.2, 0.25) is 0 Å². The van der Waals surface area contributed by atoms with Crippen LogP contribution in [0.2, 0.25) is 0 Å². The van der Waals surface area contributed by atoms with Crippen LogP contribution in [0.25, 0.3) is 0 Å². The van der Waals surface area contributed by atoms with E-state index in [1.54, 1.807) is 0 Å². The van der Waals surface area contributed by atoms with Gasteiger partial charge < -0.3 is 0 Å². The molecule has 0 aliphatic heterocycles. The van der Waals surface area contributed by atoms with Crippen molar-refractivity contribution in [1.29, 1.82) is 0 Å². The Morgan fingerprint density at radius 3 is 2.60 bits per heavy atom. The van der Waals surface area contributed by atoms with Gasteiger partial charge in [-0.15, -0.1) is 0 Å². The largest absolute Gasteiger partial charge is 0.0845 e. The average molecular weight is 137 g/mol. The first-order valence-electron chi connectivity index (χ1n) is 4.13. The number of hydrogen-bond donors (Lipinski definition) is 0. The predicted octanol–water partition coefficient (Wildman–Crippen LogP) is 3.50. The van der Waals surface area contributed by atoms with Crippen molar-refractivity contribution in [3.63, 3.8) is 0 Å². The number of allylic oxidation sites excluding steroid dienone is 4. The van der Waals surface area contributed by atoms with Crippen LogP contribution >= 0.6 is 0 Å². The van der Waals surface area contributed by atoms with Crippen LogP contribution in [-0.2, 0) is 0 Å². The van der Waals surface area contributed by atoms with Crippen LogP contribution in [0.5, 0.6) is 0 Å².